The van der Waals surface area contributed by atoms with Gasteiger partial charge in [0.05, 0.1) is 14.2 Å². The fourth-order valence-electron chi connectivity index (χ4n) is 2.67. The molecule has 1 saturated heterocycles. The van der Waals surface area contributed by atoms with Crippen molar-refractivity contribution in [2.45, 2.75) is 25.9 Å². The molecular formula is C20H25NO5. The normalized spacial score (nSPS) is 15.0. The third kappa shape index (κ3) is 5.12. The van der Waals surface area contributed by atoms with E-state index in [0.717, 1.165) is 5.56 Å². The SMILES string of the molecule is C=C(C)C(=O)OC1CCN(C(=O)/C=C/c2ccc(OC)cc2OC)CC1. The summed E-state index contributed by atoms with van der Waals surface area (Å²) in [7, 11) is 3.16. The first-order valence-corrected chi connectivity index (χ1v) is 8.50. The zero-order chi connectivity index (χ0) is 19.1. The number of benzene rings is 1. The van der Waals surface area contributed by atoms with Crippen molar-refractivity contribution in [2.24, 2.45) is 0 Å². The lowest BCUT2D eigenvalue weighted by Crippen LogP contribution is -2.40. The van der Waals surface area contributed by atoms with E-state index in [1.165, 1.54) is 6.08 Å². The molecule has 1 amide bonds. The van der Waals surface area contributed by atoms with Crippen molar-refractivity contribution in [3.8, 4) is 11.5 Å². The van der Waals surface area contributed by atoms with E-state index in [9.17, 15) is 9.59 Å². The second kappa shape index (κ2) is 9.08. The summed E-state index contributed by atoms with van der Waals surface area (Å²) in [6.45, 7) is 6.31. The summed E-state index contributed by atoms with van der Waals surface area (Å²) >= 11 is 0. The van der Waals surface area contributed by atoms with Gasteiger partial charge in [-0.15, -0.1) is 0 Å². The molecule has 1 fully saturated rings. The molecule has 6 nitrogen and oxygen atoms in total. The average Bonchev–Trinajstić information content (AvgIpc) is 2.66. The number of hydrogen-bond acceptors (Lipinski definition) is 5. The molecule has 1 heterocycles. The van der Waals surface area contributed by atoms with Gasteiger partial charge in [0.2, 0.25) is 5.91 Å². The van der Waals surface area contributed by atoms with Crippen LogP contribution in [0.1, 0.15) is 25.3 Å². The van der Waals surface area contributed by atoms with Crippen molar-refractivity contribution in [1.82, 2.24) is 4.90 Å². The zero-order valence-electron chi connectivity index (χ0n) is 15.5. The molecule has 0 aromatic heterocycles. The Morgan fingerprint density at radius 2 is 1.88 bits per heavy atom. The van der Waals surface area contributed by atoms with Crippen LogP contribution in [0.3, 0.4) is 0 Å². The third-order valence-corrected chi connectivity index (χ3v) is 4.22. The summed E-state index contributed by atoms with van der Waals surface area (Å²) in [5, 5.41) is 0. The molecule has 0 bridgehead atoms. The Morgan fingerprint density at radius 3 is 2.46 bits per heavy atom. The van der Waals surface area contributed by atoms with Crippen LogP contribution in [0, 0.1) is 0 Å². The molecular weight excluding hydrogens is 334 g/mol. The van der Waals surface area contributed by atoms with E-state index in [1.807, 2.05) is 12.1 Å². The van der Waals surface area contributed by atoms with Gasteiger partial charge in [-0.3, -0.25) is 4.79 Å². The van der Waals surface area contributed by atoms with Gasteiger partial charge in [0.1, 0.15) is 17.6 Å². The molecule has 0 unspecified atom stereocenters. The van der Waals surface area contributed by atoms with Gasteiger partial charge in [0.15, 0.2) is 0 Å². The van der Waals surface area contributed by atoms with Crippen molar-refractivity contribution in [3.05, 3.63) is 42.0 Å². The van der Waals surface area contributed by atoms with Gasteiger partial charge in [-0.1, -0.05) is 6.58 Å². The van der Waals surface area contributed by atoms with Crippen LogP contribution >= 0.6 is 0 Å². The lowest BCUT2D eigenvalue weighted by Gasteiger charge is -2.31. The minimum absolute atomic E-state index is 0.0763. The number of carbonyl (C=O) groups excluding carboxylic acids is 2. The van der Waals surface area contributed by atoms with Crippen LogP contribution in [0.5, 0.6) is 11.5 Å². The van der Waals surface area contributed by atoms with E-state index in [2.05, 4.69) is 6.58 Å². The standard InChI is InChI=1S/C20H25NO5/c1-14(2)20(23)26-16-9-11-21(12-10-16)19(22)8-6-15-5-7-17(24-3)13-18(15)25-4/h5-8,13,16H,1,9-12H2,2-4H3/b8-6+. The minimum atomic E-state index is -0.374. The smallest absolute Gasteiger partial charge is 0.333 e. The first kappa shape index (κ1) is 19.6. The quantitative estimate of drug-likeness (QED) is 0.577. The zero-order valence-corrected chi connectivity index (χ0v) is 15.5. The fourth-order valence-corrected chi connectivity index (χ4v) is 2.67. The van der Waals surface area contributed by atoms with Crippen LogP contribution in [0.2, 0.25) is 0 Å². The van der Waals surface area contributed by atoms with Crippen molar-refractivity contribution in [3.63, 3.8) is 0 Å². The van der Waals surface area contributed by atoms with E-state index >= 15 is 0 Å². The largest absolute Gasteiger partial charge is 0.497 e. The molecule has 0 radical (unpaired) electrons. The van der Waals surface area contributed by atoms with E-state index in [4.69, 9.17) is 14.2 Å². The Kier molecular flexibility index (Phi) is 6.83. The first-order valence-electron chi connectivity index (χ1n) is 8.50. The predicted octanol–water partition coefficient (Wildman–Crippen LogP) is 2.83. The van der Waals surface area contributed by atoms with E-state index in [-0.39, 0.29) is 18.0 Å². The summed E-state index contributed by atoms with van der Waals surface area (Å²) in [5.74, 6) is 0.879. The summed E-state index contributed by atoms with van der Waals surface area (Å²) < 4.78 is 15.8. The van der Waals surface area contributed by atoms with Gasteiger partial charge in [-0.2, -0.15) is 0 Å². The maximum atomic E-state index is 12.4. The molecule has 0 N–H and O–H groups in total. The number of piperidine rings is 1. The summed E-state index contributed by atoms with van der Waals surface area (Å²) in [6.07, 6.45) is 4.36. The Morgan fingerprint density at radius 1 is 1.19 bits per heavy atom. The Labute approximate surface area is 154 Å². The number of carbonyl (C=O) groups is 2. The maximum absolute atomic E-state index is 12.4. The van der Waals surface area contributed by atoms with Crippen LogP contribution < -0.4 is 9.47 Å². The highest BCUT2D eigenvalue weighted by Gasteiger charge is 2.24. The molecule has 1 aliphatic rings. The second-order valence-electron chi connectivity index (χ2n) is 6.15. The number of methoxy groups -OCH3 is 2. The van der Waals surface area contributed by atoms with E-state index in [0.29, 0.717) is 43.0 Å². The molecule has 1 aromatic carbocycles. The summed E-state index contributed by atoms with van der Waals surface area (Å²) in [4.78, 5) is 25.7. The number of ether oxygens (including phenoxy) is 3. The highest BCUT2D eigenvalue weighted by atomic mass is 16.5. The molecule has 1 aromatic rings. The highest BCUT2D eigenvalue weighted by Crippen LogP contribution is 2.25. The number of hydrogen-bond donors (Lipinski definition) is 0. The molecule has 140 valence electrons. The summed E-state index contributed by atoms with van der Waals surface area (Å²) in [6, 6.07) is 5.42. The molecule has 0 aliphatic carbocycles. The van der Waals surface area contributed by atoms with Crippen molar-refractivity contribution < 1.29 is 23.8 Å². The molecule has 0 saturated carbocycles. The van der Waals surface area contributed by atoms with Crippen LogP contribution in [-0.2, 0) is 14.3 Å². The van der Waals surface area contributed by atoms with Gasteiger partial charge in [-0.05, 0) is 25.1 Å². The van der Waals surface area contributed by atoms with Crippen LogP contribution in [0.4, 0.5) is 0 Å². The monoisotopic (exact) mass is 359 g/mol. The lowest BCUT2D eigenvalue weighted by molar-refractivity contribution is -0.147. The fraction of sp³-hybridized carbons (Fsp3) is 0.400. The molecule has 6 heteroatoms. The van der Waals surface area contributed by atoms with Crippen molar-refractivity contribution in [2.75, 3.05) is 27.3 Å². The number of rotatable bonds is 6. The topological polar surface area (TPSA) is 65.1 Å². The molecule has 0 atom stereocenters. The van der Waals surface area contributed by atoms with E-state index < -0.39 is 0 Å². The van der Waals surface area contributed by atoms with Crippen LogP contribution in [-0.4, -0.2) is 50.2 Å². The Bertz CT molecular complexity index is 702. The number of nitrogens with zero attached hydrogens (tertiary/aromatic N) is 1. The minimum Gasteiger partial charge on any atom is -0.497 e. The number of likely N-dealkylation sites (tertiary alicyclic amines) is 1. The van der Waals surface area contributed by atoms with Gasteiger partial charge in [0.25, 0.3) is 0 Å². The van der Waals surface area contributed by atoms with Crippen LogP contribution in [0.25, 0.3) is 6.08 Å². The predicted molar refractivity (Wildman–Crippen MR) is 99.1 cm³/mol. The average molecular weight is 359 g/mol. The van der Waals surface area contributed by atoms with Crippen LogP contribution in [0.15, 0.2) is 36.4 Å². The second-order valence-corrected chi connectivity index (χ2v) is 6.15. The van der Waals surface area contributed by atoms with Gasteiger partial charge in [-0.25, -0.2) is 4.79 Å². The number of amides is 1. The van der Waals surface area contributed by atoms with E-state index in [1.54, 1.807) is 38.2 Å². The van der Waals surface area contributed by atoms with Gasteiger partial charge in [0, 0.05) is 49.2 Å². The summed E-state index contributed by atoms with van der Waals surface area (Å²) in [5.41, 5.74) is 1.19. The first-order chi connectivity index (χ1) is 12.4. The highest BCUT2D eigenvalue weighted by molar-refractivity contribution is 5.92. The van der Waals surface area contributed by atoms with Crippen molar-refractivity contribution in [1.29, 1.82) is 0 Å². The van der Waals surface area contributed by atoms with Crippen molar-refractivity contribution >= 4 is 18.0 Å². The maximum Gasteiger partial charge on any atom is 0.333 e. The van der Waals surface area contributed by atoms with Gasteiger partial charge < -0.3 is 19.1 Å². The lowest BCUT2D eigenvalue weighted by atomic mass is 10.1. The Hall–Kier alpha value is -2.76. The molecule has 0 spiro atoms. The molecule has 26 heavy (non-hydrogen) atoms. The number of esters is 1. The molecule has 2 rings (SSSR count). The van der Waals surface area contributed by atoms with Gasteiger partial charge >= 0.3 is 5.97 Å². The molecule has 1 aliphatic heterocycles. The third-order valence-electron chi connectivity index (χ3n) is 4.22. The Balaban J connectivity index is 1.92.